The topological polar surface area (TPSA) is 0 Å². The fraction of sp³-hybridized carbons (Fsp3) is 0.750. The number of fused-ring (bicyclic) bond motifs is 6. The molecular weight excluding hydrogens is 384 g/mol. The van der Waals surface area contributed by atoms with Gasteiger partial charge in [0.1, 0.15) is 0 Å². The van der Waals surface area contributed by atoms with Crippen LogP contribution in [-0.4, -0.2) is 0 Å². The summed E-state index contributed by atoms with van der Waals surface area (Å²) in [7, 11) is 0. The highest BCUT2D eigenvalue weighted by molar-refractivity contribution is 5.76. The Kier molecular flexibility index (Phi) is 9.90. The number of hydrogen-bond donors (Lipinski definition) is 0. The lowest BCUT2D eigenvalue weighted by atomic mass is 9.60. The summed E-state index contributed by atoms with van der Waals surface area (Å²) in [4.78, 5) is 0. The van der Waals surface area contributed by atoms with Crippen molar-refractivity contribution in [1.82, 2.24) is 0 Å². The molecule has 4 unspecified atom stereocenters. The van der Waals surface area contributed by atoms with E-state index < -0.39 is 0 Å². The molecule has 0 spiro atoms. The zero-order chi connectivity index (χ0) is 25.1. The summed E-state index contributed by atoms with van der Waals surface area (Å²) in [5.41, 5.74) is 9.48. The molecule has 4 aliphatic carbocycles. The van der Waals surface area contributed by atoms with Crippen molar-refractivity contribution in [2.75, 3.05) is 0 Å². The number of rotatable bonds is 0. The smallest absolute Gasteiger partial charge is 0.00813 e. The average Bonchev–Trinajstić information content (AvgIpc) is 3.69. The molecule has 0 heterocycles. The van der Waals surface area contributed by atoms with Crippen LogP contribution in [0.15, 0.2) is 23.8 Å². The van der Waals surface area contributed by atoms with Crippen LogP contribution in [0.25, 0.3) is 5.57 Å². The molecule has 0 aromatic heterocycles. The van der Waals surface area contributed by atoms with Gasteiger partial charge >= 0.3 is 0 Å². The average molecular weight is 441 g/mol. The number of hydrogen-bond acceptors (Lipinski definition) is 0. The SMILES string of the molecule is CC.CC.CC.CC.Cc1ccc2c(c1)CC(C)(C)C(C)(C)C1=C2CC2CC2C2(C)CC12. The lowest BCUT2D eigenvalue weighted by Crippen LogP contribution is -2.36. The summed E-state index contributed by atoms with van der Waals surface area (Å²) in [6, 6.07) is 7.28. The van der Waals surface area contributed by atoms with E-state index >= 15 is 0 Å². The van der Waals surface area contributed by atoms with Gasteiger partial charge in [0.25, 0.3) is 0 Å². The number of aryl methyl sites for hydroxylation is 1. The minimum Gasteiger partial charge on any atom is -0.0683 e. The summed E-state index contributed by atoms with van der Waals surface area (Å²) in [6.45, 7) is 31.0. The maximum atomic E-state index is 2.60. The van der Waals surface area contributed by atoms with Crippen LogP contribution in [0.5, 0.6) is 0 Å². The van der Waals surface area contributed by atoms with Gasteiger partial charge in [-0.2, -0.15) is 0 Å². The summed E-state index contributed by atoms with van der Waals surface area (Å²) in [6.07, 6.45) is 5.51. The molecule has 0 N–H and O–H groups in total. The van der Waals surface area contributed by atoms with E-state index in [1.54, 1.807) is 16.7 Å². The van der Waals surface area contributed by atoms with Gasteiger partial charge in [0.05, 0.1) is 0 Å². The molecule has 4 atom stereocenters. The van der Waals surface area contributed by atoms with Gasteiger partial charge < -0.3 is 0 Å². The van der Waals surface area contributed by atoms with E-state index in [0.717, 1.165) is 17.8 Å². The molecule has 2 fully saturated rings. The van der Waals surface area contributed by atoms with Gasteiger partial charge in [0.15, 0.2) is 0 Å². The third kappa shape index (κ3) is 4.76. The van der Waals surface area contributed by atoms with Crippen LogP contribution < -0.4 is 0 Å². The predicted octanol–water partition coefficient (Wildman–Crippen LogP) is 10.5. The molecule has 0 saturated heterocycles. The van der Waals surface area contributed by atoms with Crippen LogP contribution in [0.2, 0.25) is 0 Å². The molecule has 1 aromatic rings. The van der Waals surface area contributed by atoms with E-state index in [9.17, 15) is 0 Å². The maximum absolute atomic E-state index is 2.60. The standard InChI is InChI=1S/C24H32.4C2H6/c1-14-7-8-17-16(9-14)12-22(2,3)23(4,5)21-18(17)10-15-11-19(15)24(6)13-20(21)24;4*1-2/h7-9,15,19-20H,10-13H2,1-6H3;4*1-2H3. The molecule has 0 amide bonds. The Morgan fingerprint density at radius 2 is 1.38 bits per heavy atom. The van der Waals surface area contributed by atoms with Gasteiger partial charge in [0, 0.05) is 0 Å². The van der Waals surface area contributed by atoms with Crippen molar-refractivity contribution in [3.05, 3.63) is 40.5 Å². The normalized spacial score (nSPS) is 31.1. The van der Waals surface area contributed by atoms with Crippen LogP contribution in [-0.2, 0) is 6.42 Å². The van der Waals surface area contributed by atoms with Crippen LogP contribution in [0.4, 0.5) is 0 Å². The van der Waals surface area contributed by atoms with Crippen LogP contribution >= 0.6 is 0 Å². The van der Waals surface area contributed by atoms with Crippen molar-refractivity contribution in [3.8, 4) is 0 Å². The molecule has 0 bridgehead atoms. The van der Waals surface area contributed by atoms with E-state index in [2.05, 4.69) is 59.7 Å². The Hall–Kier alpha value is -1.04. The van der Waals surface area contributed by atoms with Gasteiger partial charge in [-0.3, -0.25) is 0 Å². The molecule has 4 aliphatic rings. The molecule has 0 radical (unpaired) electrons. The molecule has 184 valence electrons. The van der Waals surface area contributed by atoms with E-state index in [-0.39, 0.29) is 5.41 Å². The van der Waals surface area contributed by atoms with Crippen LogP contribution in [0.1, 0.15) is 126 Å². The van der Waals surface area contributed by atoms with Crippen molar-refractivity contribution in [2.24, 2.45) is 34.0 Å². The monoisotopic (exact) mass is 440 g/mol. The molecule has 0 nitrogen and oxygen atoms in total. The number of benzene rings is 1. The second-order valence-corrected chi connectivity index (χ2v) is 10.8. The highest BCUT2D eigenvalue weighted by atomic mass is 14.7. The first-order chi connectivity index (χ1) is 15.1. The van der Waals surface area contributed by atoms with Crippen LogP contribution in [0, 0.1) is 40.9 Å². The highest BCUT2D eigenvalue weighted by Crippen LogP contribution is 2.76. The van der Waals surface area contributed by atoms with Crippen molar-refractivity contribution in [3.63, 3.8) is 0 Å². The number of allylic oxidation sites excluding steroid dienone is 2. The van der Waals surface area contributed by atoms with Crippen molar-refractivity contribution >= 4 is 5.57 Å². The third-order valence-corrected chi connectivity index (χ3v) is 8.77. The Morgan fingerprint density at radius 3 is 1.94 bits per heavy atom. The van der Waals surface area contributed by atoms with Gasteiger partial charge in [-0.05, 0) is 83.3 Å². The van der Waals surface area contributed by atoms with Gasteiger partial charge in [-0.15, -0.1) is 0 Å². The molecule has 5 rings (SSSR count). The zero-order valence-corrected chi connectivity index (χ0v) is 24.3. The van der Waals surface area contributed by atoms with Crippen molar-refractivity contribution < 1.29 is 0 Å². The fourth-order valence-corrected chi connectivity index (χ4v) is 6.38. The Balaban J connectivity index is 0.000000581. The lowest BCUT2D eigenvalue weighted by molar-refractivity contribution is 0.144. The highest BCUT2D eigenvalue weighted by Gasteiger charge is 2.68. The van der Waals surface area contributed by atoms with E-state index in [4.69, 9.17) is 0 Å². The minimum atomic E-state index is 0.286. The molecule has 0 aliphatic heterocycles. The quantitative estimate of drug-likeness (QED) is 0.376. The maximum Gasteiger partial charge on any atom is -0.00813 e. The minimum absolute atomic E-state index is 0.286. The molecule has 32 heavy (non-hydrogen) atoms. The molecule has 2 saturated carbocycles. The Bertz CT molecular complexity index is 775. The molecular formula is C32H56. The van der Waals surface area contributed by atoms with Gasteiger partial charge in [-0.1, -0.05) is 119 Å². The Labute approximate surface area is 202 Å². The van der Waals surface area contributed by atoms with E-state index in [1.165, 1.54) is 31.2 Å². The molecule has 0 heteroatoms. The second-order valence-electron chi connectivity index (χ2n) is 10.8. The second kappa shape index (κ2) is 10.9. The first-order valence-corrected chi connectivity index (χ1v) is 14.0. The Morgan fingerprint density at radius 1 is 0.812 bits per heavy atom. The molecule has 1 aromatic carbocycles. The van der Waals surface area contributed by atoms with E-state index in [1.807, 2.05) is 61.0 Å². The van der Waals surface area contributed by atoms with Crippen molar-refractivity contribution in [1.29, 1.82) is 0 Å². The third-order valence-electron chi connectivity index (χ3n) is 8.77. The fourth-order valence-electron chi connectivity index (χ4n) is 6.38. The predicted molar refractivity (Wildman–Crippen MR) is 147 cm³/mol. The van der Waals surface area contributed by atoms with Gasteiger partial charge in [-0.25, -0.2) is 0 Å². The van der Waals surface area contributed by atoms with E-state index in [0.29, 0.717) is 10.8 Å². The summed E-state index contributed by atoms with van der Waals surface area (Å²) < 4.78 is 0. The largest absolute Gasteiger partial charge is 0.0683 e. The zero-order valence-electron chi connectivity index (χ0n) is 24.3. The summed E-state index contributed by atoms with van der Waals surface area (Å²) in [5, 5.41) is 0. The summed E-state index contributed by atoms with van der Waals surface area (Å²) in [5.74, 6) is 2.84. The first kappa shape index (κ1) is 29.0. The van der Waals surface area contributed by atoms with Crippen LogP contribution in [0.3, 0.4) is 0 Å². The summed E-state index contributed by atoms with van der Waals surface area (Å²) >= 11 is 0. The lowest BCUT2D eigenvalue weighted by Gasteiger charge is -2.44. The van der Waals surface area contributed by atoms with Crippen molar-refractivity contribution in [2.45, 2.75) is 123 Å². The van der Waals surface area contributed by atoms with Gasteiger partial charge in [0.2, 0.25) is 0 Å². The first-order valence-electron chi connectivity index (χ1n) is 14.0.